The average molecular weight is 371 g/mol. The van der Waals surface area contributed by atoms with Crippen LogP contribution in [0.2, 0.25) is 0 Å². The quantitative estimate of drug-likeness (QED) is 0.226. The molecule has 0 saturated carbocycles. The van der Waals surface area contributed by atoms with Crippen LogP contribution < -0.4 is 0 Å². The SMILES string of the molecule is CCCCCCCCCOC(=O)CCCC(=O)OC(C)CCCC(C)C. The Balaban J connectivity index is 3.49. The van der Waals surface area contributed by atoms with Gasteiger partial charge in [0.25, 0.3) is 0 Å². The molecule has 0 spiro atoms. The Bertz CT molecular complexity index is 352. The molecule has 1 unspecified atom stereocenters. The molecule has 0 aromatic heterocycles. The first-order chi connectivity index (χ1) is 12.5. The zero-order valence-corrected chi connectivity index (χ0v) is 17.7. The van der Waals surface area contributed by atoms with E-state index in [0.717, 1.165) is 32.1 Å². The van der Waals surface area contributed by atoms with E-state index in [0.29, 0.717) is 31.8 Å². The van der Waals surface area contributed by atoms with Crippen LogP contribution in [0.25, 0.3) is 0 Å². The van der Waals surface area contributed by atoms with Gasteiger partial charge in [-0.2, -0.15) is 0 Å². The van der Waals surface area contributed by atoms with Crippen LogP contribution in [0, 0.1) is 5.92 Å². The predicted octanol–water partition coefficient (Wildman–Crippen LogP) is 6.21. The van der Waals surface area contributed by atoms with Crippen LogP contribution in [0.4, 0.5) is 0 Å². The largest absolute Gasteiger partial charge is 0.466 e. The summed E-state index contributed by atoms with van der Waals surface area (Å²) < 4.78 is 10.6. The molecule has 0 amide bonds. The molecule has 0 aliphatic heterocycles. The lowest BCUT2D eigenvalue weighted by molar-refractivity contribution is -0.149. The number of carbonyl (C=O) groups is 2. The molecule has 4 heteroatoms. The first-order valence-electron chi connectivity index (χ1n) is 10.8. The van der Waals surface area contributed by atoms with Crippen molar-refractivity contribution in [3.63, 3.8) is 0 Å². The van der Waals surface area contributed by atoms with E-state index in [1.165, 1.54) is 32.1 Å². The van der Waals surface area contributed by atoms with E-state index in [1.807, 2.05) is 6.92 Å². The van der Waals surface area contributed by atoms with Gasteiger partial charge in [-0.15, -0.1) is 0 Å². The summed E-state index contributed by atoms with van der Waals surface area (Å²) in [5.74, 6) is 0.278. The molecule has 154 valence electrons. The van der Waals surface area contributed by atoms with Crippen molar-refractivity contribution in [2.24, 2.45) is 5.92 Å². The molecule has 0 heterocycles. The normalized spacial score (nSPS) is 12.2. The molecule has 1 atom stereocenters. The van der Waals surface area contributed by atoms with E-state index in [9.17, 15) is 9.59 Å². The fourth-order valence-corrected chi connectivity index (χ4v) is 2.85. The van der Waals surface area contributed by atoms with Gasteiger partial charge in [0.2, 0.25) is 0 Å². The number of hydrogen-bond acceptors (Lipinski definition) is 4. The van der Waals surface area contributed by atoms with Gasteiger partial charge in [-0.1, -0.05) is 65.7 Å². The lowest BCUT2D eigenvalue weighted by Crippen LogP contribution is -2.15. The van der Waals surface area contributed by atoms with Gasteiger partial charge in [-0.05, 0) is 38.5 Å². The molecule has 0 aromatic rings. The Hall–Kier alpha value is -1.06. The van der Waals surface area contributed by atoms with Gasteiger partial charge in [0.15, 0.2) is 0 Å². The highest BCUT2D eigenvalue weighted by molar-refractivity contribution is 5.72. The summed E-state index contributed by atoms with van der Waals surface area (Å²) in [6.07, 6.45) is 12.7. The highest BCUT2D eigenvalue weighted by Crippen LogP contribution is 2.12. The van der Waals surface area contributed by atoms with E-state index < -0.39 is 0 Å². The summed E-state index contributed by atoms with van der Waals surface area (Å²) in [5, 5.41) is 0. The average Bonchev–Trinajstić information content (AvgIpc) is 2.56. The first-order valence-corrected chi connectivity index (χ1v) is 10.8. The molecule has 0 N–H and O–H groups in total. The number of esters is 2. The summed E-state index contributed by atoms with van der Waals surface area (Å²) >= 11 is 0. The molecule has 0 bridgehead atoms. The first kappa shape index (κ1) is 24.9. The number of rotatable bonds is 17. The van der Waals surface area contributed by atoms with Crippen LogP contribution in [0.15, 0.2) is 0 Å². The Morgan fingerprint density at radius 3 is 2.00 bits per heavy atom. The van der Waals surface area contributed by atoms with Crippen LogP contribution in [-0.2, 0) is 19.1 Å². The number of carbonyl (C=O) groups excluding carboxylic acids is 2. The van der Waals surface area contributed by atoms with E-state index in [1.54, 1.807) is 0 Å². The zero-order valence-electron chi connectivity index (χ0n) is 17.7. The van der Waals surface area contributed by atoms with E-state index >= 15 is 0 Å². The van der Waals surface area contributed by atoms with Crippen molar-refractivity contribution in [3.05, 3.63) is 0 Å². The highest BCUT2D eigenvalue weighted by atomic mass is 16.5. The van der Waals surface area contributed by atoms with Crippen LogP contribution in [-0.4, -0.2) is 24.6 Å². The number of unbranched alkanes of at least 4 members (excludes halogenated alkanes) is 6. The molecule has 0 aliphatic rings. The van der Waals surface area contributed by atoms with Gasteiger partial charge in [0, 0.05) is 12.8 Å². The lowest BCUT2D eigenvalue weighted by atomic mass is 10.0. The van der Waals surface area contributed by atoms with Crippen molar-refractivity contribution in [2.45, 2.75) is 117 Å². The second-order valence-corrected chi connectivity index (χ2v) is 7.82. The van der Waals surface area contributed by atoms with Crippen molar-refractivity contribution < 1.29 is 19.1 Å². The van der Waals surface area contributed by atoms with Crippen molar-refractivity contribution in [1.82, 2.24) is 0 Å². The Morgan fingerprint density at radius 1 is 0.731 bits per heavy atom. The van der Waals surface area contributed by atoms with Gasteiger partial charge in [-0.25, -0.2) is 0 Å². The summed E-state index contributed by atoms with van der Waals surface area (Å²) in [5.41, 5.74) is 0. The molecular weight excluding hydrogens is 328 g/mol. The smallest absolute Gasteiger partial charge is 0.306 e. The molecule has 0 rings (SSSR count). The fourth-order valence-electron chi connectivity index (χ4n) is 2.85. The second-order valence-electron chi connectivity index (χ2n) is 7.82. The van der Waals surface area contributed by atoms with Crippen LogP contribution in [0.5, 0.6) is 0 Å². The van der Waals surface area contributed by atoms with Crippen molar-refractivity contribution >= 4 is 11.9 Å². The highest BCUT2D eigenvalue weighted by Gasteiger charge is 2.11. The molecule has 0 radical (unpaired) electrons. The maximum atomic E-state index is 11.8. The van der Waals surface area contributed by atoms with Gasteiger partial charge < -0.3 is 9.47 Å². The van der Waals surface area contributed by atoms with Gasteiger partial charge >= 0.3 is 11.9 Å². The number of ether oxygens (including phenoxy) is 2. The van der Waals surface area contributed by atoms with Gasteiger partial charge in [-0.3, -0.25) is 9.59 Å². The summed E-state index contributed by atoms with van der Waals surface area (Å²) in [6.45, 7) is 9.05. The summed E-state index contributed by atoms with van der Waals surface area (Å²) in [6, 6.07) is 0. The van der Waals surface area contributed by atoms with E-state index in [-0.39, 0.29) is 18.0 Å². The topological polar surface area (TPSA) is 52.6 Å². The van der Waals surface area contributed by atoms with Gasteiger partial charge in [0.1, 0.15) is 0 Å². The molecule has 4 nitrogen and oxygen atoms in total. The third-order valence-electron chi connectivity index (χ3n) is 4.50. The van der Waals surface area contributed by atoms with E-state index in [4.69, 9.17) is 9.47 Å². The minimum atomic E-state index is -0.207. The number of hydrogen-bond donors (Lipinski definition) is 0. The van der Waals surface area contributed by atoms with Gasteiger partial charge in [0.05, 0.1) is 12.7 Å². The zero-order chi connectivity index (χ0) is 19.6. The molecule has 0 fully saturated rings. The minimum absolute atomic E-state index is 0.0365. The second kappa shape index (κ2) is 17.4. The van der Waals surface area contributed by atoms with Crippen molar-refractivity contribution in [2.75, 3.05) is 6.61 Å². The third kappa shape index (κ3) is 17.8. The molecule has 0 saturated heterocycles. The lowest BCUT2D eigenvalue weighted by Gasteiger charge is -2.13. The van der Waals surface area contributed by atoms with E-state index in [2.05, 4.69) is 20.8 Å². The summed E-state index contributed by atoms with van der Waals surface area (Å²) in [7, 11) is 0. The monoisotopic (exact) mass is 370 g/mol. The Labute approximate surface area is 161 Å². The van der Waals surface area contributed by atoms with Crippen molar-refractivity contribution in [3.8, 4) is 0 Å². The molecule has 0 aromatic carbocycles. The standard InChI is InChI=1S/C22H42O4/c1-5-6-7-8-9-10-11-18-25-21(23)16-13-17-22(24)26-20(4)15-12-14-19(2)3/h19-20H,5-18H2,1-4H3. The molecule has 26 heavy (non-hydrogen) atoms. The van der Waals surface area contributed by atoms with Crippen molar-refractivity contribution in [1.29, 1.82) is 0 Å². The molecule has 0 aliphatic carbocycles. The maximum absolute atomic E-state index is 11.8. The Kier molecular flexibility index (Phi) is 16.7. The third-order valence-corrected chi connectivity index (χ3v) is 4.50. The maximum Gasteiger partial charge on any atom is 0.306 e. The summed E-state index contributed by atoms with van der Waals surface area (Å²) in [4.78, 5) is 23.4. The van der Waals surface area contributed by atoms with Crippen LogP contribution in [0.3, 0.4) is 0 Å². The van der Waals surface area contributed by atoms with Crippen LogP contribution in [0.1, 0.15) is 111 Å². The Morgan fingerprint density at radius 2 is 1.35 bits per heavy atom. The van der Waals surface area contributed by atoms with Crippen LogP contribution >= 0.6 is 0 Å². The minimum Gasteiger partial charge on any atom is -0.466 e. The predicted molar refractivity (Wildman–Crippen MR) is 107 cm³/mol. The fraction of sp³-hybridized carbons (Fsp3) is 0.909. The molecular formula is C22H42O4.